The van der Waals surface area contributed by atoms with Crippen LogP contribution >= 0.6 is 15.9 Å². The topological polar surface area (TPSA) is 61.8 Å². The third-order valence-electron chi connectivity index (χ3n) is 1.84. The Kier molecular flexibility index (Phi) is 3.72. The molecule has 0 heterocycles. The minimum absolute atomic E-state index is 0.250. The van der Waals surface area contributed by atoms with Gasteiger partial charge in [0, 0.05) is 22.2 Å². The number of hydrogen-bond acceptors (Lipinski definition) is 3. The largest absolute Gasteiger partial charge is 0.383 e. The van der Waals surface area contributed by atoms with Crippen molar-refractivity contribution in [3.8, 4) is 6.07 Å². The minimum atomic E-state index is -0.250. The smallest absolute Gasteiger partial charge is 0.100 e. The molecule has 0 aliphatic carbocycles. The summed E-state index contributed by atoms with van der Waals surface area (Å²) in [6, 6.07) is 7.62. The van der Waals surface area contributed by atoms with Crippen molar-refractivity contribution in [2.45, 2.75) is 19.4 Å². The van der Waals surface area contributed by atoms with Crippen LogP contribution in [0, 0.1) is 11.3 Å². The number of nitrogens with zero attached hydrogens (tertiary/aromatic N) is 1. The molecule has 0 saturated carbocycles. The second-order valence-corrected chi connectivity index (χ2v) is 5.00. The van der Waals surface area contributed by atoms with Crippen molar-refractivity contribution < 1.29 is 0 Å². The number of rotatable bonds is 3. The van der Waals surface area contributed by atoms with E-state index in [1.54, 1.807) is 6.07 Å². The molecule has 0 saturated heterocycles. The molecule has 0 bridgehead atoms. The number of nitriles is 1. The molecule has 15 heavy (non-hydrogen) atoms. The summed E-state index contributed by atoms with van der Waals surface area (Å²) < 4.78 is 0.796. The van der Waals surface area contributed by atoms with Crippen molar-refractivity contribution in [2.24, 2.45) is 5.73 Å². The Morgan fingerprint density at radius 1 is 1.53 bits per heavy atom. The molecule has 3 N–H and O–H groups in total. The molecule has 4 heteroatoms. The molecule has 0 unspecified atom stereocenters. The fourth-order valence-corrected chi connectivity index (χ4v) is 1.51. The number of nitrogens with one attached hydrogen (secondary N) is 1. The van der Waals surface area contributed by atoms with Gasteiger partial charge in [-0.25, -0.2) is 0 Å². The standard InChI is InChI=1S/C11H14BrN3/c1-11(2,14)7-15-9-4-3-8(6-13)10(12)5-9/h3-5,15H,7,14H2,1-2H3. The van der Waals surface area contributed by atoms with E-state index in [-0.39, 0.29) is 5.54 Å². The molecular weight excluding hydrogens is 254 g/mol. The molecule has 3 nitrogen and oxygen atoms in total. The molecule has 0 fully saturated rings. The average Bonchev–Trinajstić information content (AvgIpc) is 2.14. The normalized spacial score (nSPS) is 10.9. The van der Waals surface area contributed by atoms with Gasteiger partial charge in [0.1, 0.15) is 6.07 Å². The number of nitrogens with two attached hydrogens (primary N) is 1. The first kappa shape index (κ1) is 12.0. The highest BCUT2D eigenvalue weighted by Crippen LogP contribution is 2.20. The Balaban J connectivity index is 2.73. The first-order valence-electron chi connectivity index (χ1n) is 4.65. The molecule has 0 spiro atoms. The van der Waals surface area contributed by atoms with E-state index in [1.807, 2.05) is 26.0 Å². The van der Waals surface area contributed by atoms with Crippen LogP contribution in [0.15, 0.2) is 22.7 Å². The summed E-state index contributed by atoms with van der Waals surface area (Å²) in [4.78, 5) is 0. The lowest BCUT2D eigenvalue weighted by atomic mass is 10.1. The summed E-state index contributed by atoms with van der Waals surface area (Å²) >= 11 is 3.33. The number of halogens is 1. The zero-order valence-electron chi connectivity index (χ0n) is 8.84. The third kappa shape index (κ3) is 3.90. The maximum Gasteiger partial charge on any atom is 0.100 e. The van der Waals surface area contributed by atoms with Gasteiger partial charge in [0.05, 0.1) is 5.56 Å². The van der Waals surface area contributed by atoms with E-state index in [9.17, 15) is 0 Å². The van der Waals surface area contributed by atoms with Gasteiger partial charge in [-0.3, -0.25) is 0 Å². The zero-order valence-corrected chi connectivity index (χ0v) is 10.4. The third-order valence-corrected chi connectivity index (χ3v) is 2.49. The van der Waals surface area contributed by atoms with Crippen LogP contribution in [0.25, 0.3) is 0 Å². The van der Waals surface area contributed by atoms with Crippen LogP contribution in [0.3, 0.4) is 0 Å². The van der Waals surface area contributed by atoms with Gasteiger partial charge < -0.3 is 11.1 Å². The van der Waals surface area contributed by atoms with Crippen LogP contribution in [0.2, 0.25) is 0 Å². The van der Waals surface area contributed by atoms with Crippen LogP contribution in [0.5, 0.6) is 0 Å². The van der Waals surface area contributed by atoms with E-state index in [1.165, 1.54) is 0 Å². The summed E-state index contributed by atoms with van der Waals surface area (Å²) in [5.74, 6) is 0. The molecular formula is C11H14BrN3. The van der Waals surface area contributed by atoms with Gasteiger partial charge in [0.2, 0.25) is 0 Å². The lowest BCUT2D eigenvalue weighted by Gasteiger charge is -2.19. The predicted molar refractivity (Wildman–Crippen MR) is 65.6 cm³/mol. The van der Waals surface area contributed by atoms with E-state index in [0.717, 1.165) is 10.2 Å². The second-order valence-electron chi connectivity index (χ2n) is 4.15. The van der Waals surface area contributed by atoms with Gasteiger partial charge in [-0.1, -0.05) is 0 Å². The quantitative estimate of drug-likeness (QED) is 0.885. The lowest BCUT2D eigenvalue weighted by molar-refractivity contribution is 0.549. The van der Waals surface area contributed by atoms with Gasteiger partial charge in [0.25, 0.3) is 0 Å². The number of anilines is 1. The Morgan fingerprint density at radius 2 is 2.20 bits per heavy atom. The Morgan fingerprint density at radius 3 is 2.67 bits per heavy atom. The van der Waals surface area contributed by atoms with Crippen molar-refractivity contribution in [3.63, 3.8) is 0 Å². The summed E-state index contributed by atoms with van der Waals surface area (Å²) in [6.07, 6.45) is 0. The molecule has 80 valence electrons. The molecule has 0 radical (unpaired) electrons. The molecule has 1 aromatic rings. The van der Waals surface area contributed by atoms with Gasteiger partial charge in [-0.15, -0.1) is 0 Å². The van der Waals surface area contributed by atoms with Crippen LogP contribution in [0.4, 0.5) is 5.69 Å². The van der Waals surface area contributed by atoms with Crippen molar-refractivity contribution in [1.29, 1.82) is 5.26 Å². The molecule has 0 aliphatic rings. The van der Waals surface area contributed by atoms with Crippen LogP contribution < -0.4 is 11.1 Å². The van der Waals surface area contributed by atoms with E-state index in [0.29, 0.717) is 12.1 Å². The maximum absolute atomic E-state index is 8.75. The fraction of sp³-hybridized carbons (Fsp3) is 0.364. The first-order chi connectivity index (χ1) is 6.92. The Bertz CT molecular complexity index is 388. The maximum atomic E-state index is 8.75. The van der Waals surface area contributed by atoms with E-state index < -0.39 is 0 Å². The zero-order chi connectivity index (χ0) is 11.5. The minimum Gasteiger partial charge on any atom is -0.383 e. The van der Waals surface area contributed by atoms with E-state index in [2.05, 4.69) is 27.3 Å². The highest BCUT2D eigenvalue weighted by Gasteiger charge is 2.10. The van der Waals surface area contributed by atoms with Crippen molar-refractivity contribution in [1.82, 2.24) is 0 Å². The highest BCUT2D eigenvalue weighted by atomic mass is 79.9. The molecule has 0 aromatic heterocycles. The van der Waals surface area contributed by atoms with E-state index in [4.69, 9.17) is 11.0 Å². The van der Waals surface area contributed by atoms with Gasteiger partial charge in [-0.2, -0.15) is 5.26 Å². The van der Waals surface area contributed by atoms with Crippen LogP contribution in [-0.4, -0.2) is 12.1 Å². The Hall–Kier alpha value is -1.05. The van der Waals surface area contributed by atoms with Crippen molar-refractivity contribution >= 4 is 21.6 Å². The average molecular weight is 268 g/mol. The monoisotopic (exact) mass is 267 g/mol. The predicted octanol–water partition coefficient (Wildman–Crippen LogP) is 2.47. The summed E-state index contributed by atoms with van der Waals surface area (Å²) in [5, 5.41) is 12.0. The van der Waals surface area contributed by atoms with E-state index >= 15 is 0 Å². The SMILES string of the molecule is CC(C)(N)CNc1ccc(C#N)c(Br)c1. The lowest BCUT2D eigenvalue weighted by Crippen LogP contribution is -2.39. The summed E-state index contributed by atoms with van der Waals surface area (Å²) in [7, 11) is 0. The number of benzene rings is 1. The summed E-state index contributed by atoms with van der Waals surface area (Å²) in [6.45, 7) is 4.60. The van der Waals surface area contributed by atoms with Crippen molar-refractivity contribution in [2.75, 3.05) is 11.9 Å². The molecule has 0 amide bonds. The second kappa shape index (κ2) is 4.65. The summed E-state index contributed by atoms with van der Waals surface area (Å²) in [5.41, 5.74) is 7.19. The number of hydrogen-bond donors (Lipinski definition) is 2. The molecule has 0 atom stereocenters. The van der Waals surface area contributed by atoms with Gasteiger partial charge >= 0.3 is 0 Å². The molecule has 0 aliphatic heterocycles. The molecule has 1 aromatic carbocycles. The van der Waals surface area contributed by atoms with Gasteiger partial charge in [0.15, 0.2) is 0 Å². The Labute approximate surface area is 98.4 Å². The molecule has 1 rings (SSSR count). The highest BCUT2D eigenvalue weighted by molar-refractivity contribution is 9.10. The van der Waals surface area contributed by atoms with Crippen LogP contribution in [0.1, 0.15) is 19.4 Å². The first-order valence-corrected chi connectivity index (χ1v) is 5.44. The van der Waals surface area contributed by atoms with Gasteiger partial charge in [-0.05, 0) is 48.0 Å². The van der Waals surface area contributed by atoms with Crippen LogP contribution in [-0.2, 0) is 0 Å². The van der Waals surface area contributed by atoms with Crippen molar-refractivity contribution in [3.05, 3.63) is 28.2 Å². The fourth-order valence-electron chi connectivity index (χ4n) is 1.05.